The van der Waals surface area contributed by atoms with Crippen LogP contribution in [0.15, 0.2) is 54.6 Å². The minimum atomic E-state index is -0.349. The molecule has 0 bridgehead atoms. The molecule has 0 aromatic heterocycles. The van der Waals surface area contributed by atoms with Crippen molar-refractivity contribution in [1.29, 1.82) is 0 Å². The Kier molecular flexibility index (Phi) is 7.11. The standard InChI is InChI=1S/C26H26O5/c1-17-19(9-8-18-14-24(29-2)23(16-27)25(15-18)30-3)6-5-7-22(17)20-10-12-21(13-11-20)26(28)31-4/h5-15,27H,16H2,1-4H3/b9-8+. The molecule has 0 heterocycles. The largest absolute Gasteiger partial charge is 0.496 e. The number of methoxy groups -OCH3 is 3. The fourth-order valence-electron chi connectivity index (χ4n) is 3.49. The van der Waals surface area contributed by atoms with Gasteiger partial charge in [0.2, 0.25) is 0 Å². The first-order chi connectivity index (χ1) is 15.0. The molecule has 160 valence electrons. The molecule has 0 aliphatic rings. The Morgan fingerprint density at radius 2 is 1.58 bits per heavy atom. The molecule has 0 aliphatic carbocycles. The van der Waals surface area contributed by atoms with Gasteiger partial charge in [0.15, 0.2) is 0 Å². The number of carbonyl (C=O) groups is 1. The summed E-state index contributed by atoms with van der Waals surface area (Å²) >= 11 is 0. The second-order valence-corrected chi connectivity index (χ2v) is 6.98. The van der Waals surface area contributed by atoms with Crippen molar-refractivity contribution in [2.24, 2.45) is 0 Å². The first-order valence-electron chi connectivity index (χ1n) is 9.84. The number of aliphatic hydroxyl groups excluding tert-OH is 1. The van der Waals surface area contributed by atoms with E-state index in [2.05, 4.69) is 19.1 Å². The Bertz CT molecular complexity index is 1070. The highest BCUT2D eigenvalue weighted by Gasteiger charge is 2.11. The smallest absolute Gasteiger partial charge is 0.337 e. The van der Waals surface area contributed by atoms with Crippen molar-refractivity contribution in [3.8, 4) is 22.6 Å². The molecule has 3 rings (SSSR count). The van der Waals surface area contributed by atoms with Gasteiger partial charge >= 0.3 is 5.97 Å². The van der Waals surface area contributed by atoms with Gasteiger partial charge in [-0.05, 0) is 59.0 Å². The summed E-state index contributed by atoms with van der Waals surface area (Å²) in [5.41, 5.74) is 6.35. The molecular formula is C26H26O5. The summed E-state index contributed by atoms with van der Waals surface area (Å²) in [4.78, 5) is 11.7. The fraction of sp³-hybridized carbons (Fsp3) is 0.192. The quantitative estimate of drug-likeness (QED) is 0.426. The highest BCUT2D eigenvalue weighted by molar-refractivity contribution is 5.90. The molecule has 1 N–H and O–H groups in total. The highest BCUT2D eigenvalue weighted by Crippen LogP contribution is 2.32. The molecule has 31 heavy (non-hydrogen) atoms. The van der Waals surface area contributed by atoms with E-state index in [9.17, 15) is 9.90 Å². The van der Waals surface area contributed by atoms with Crippen molar-refractivity contribution < 1.29 is 24.1 Å². The Balaban J connectivity index is 1.93. The van der Waals surface area contributed by atoms with Gasteiger partial charge in [0.1, 0.15) is 11.5 Å². The summed E-state index contributed by atoms with van der Waals surface area (Å²) in [5, 5.41) is 9.59. The molecule has 3 aromatic rings. The van der Waals surface area contributed by atoms with Crippen LogP contribution in [0.2, 0.25) is 0 Å². The number of esters is 1. The Labute approximate surface area is 182 Å². The van der Waals surface area contributed by atoms with Crippen LogP contribution in [0.5, 0.6) is 11.5 Å². The van der Waals surface area contributed by atoms with Crippen LogP contribution in [-0.2, 0) is 11.3 Å². The van der Waals surface area contributed by atoms with E-state index in [-0.39, 0.29) is 12.6 Å². The maximum atomic E-state index is 11.7. The molecule has 5 heteroatoms. The van der Waals surface area contributed by atoms with Crippen LogP contribution in [0.4, 0.5) is 0 Å². The summed E-state index contributed by atoms with van der Waals surface area (Å²) in [7, 11) is 4.51. The number of benzene rings is 3. The van der Waals surface area contributed by atoms with Gasteiger partial charge in [0.25, 0.3) is 0 Å². The van der Waals surface area contributed by atoms with E-state index in [1.807, 2.05) is 42.5 Å². The molecule has 0 fully saturated rings. The normalized spacial score (nSPS) is 10.9. The van der Waals surface area contributed by atoms with E-state index in [1.165, 1.54) is 7.11 Å². The SMILES string of the molecule is COC(=O)c1ccc(-c2cccc(/C=C/c3cc(OC)c(CO)c(OC)c3)c2C)cc1. The van der Waals surface area contributed by atoms with Gasteiger partial charge in [0, 0.05) is 0 Å². The number of aliphatic hydroxyl groups is 1. The van der Waals surface area contributed by atoms with Crippen molar-refractivity contribution in [2.75, 3.05) is 21.3 Å². The lowest BCUT2D eigenvalue weighted by Gasteiger charge is -2.13. The molecule has 0 amide bonds. The van der Waals surface area contributed by atoms with Crippen LogP contribution >= 0.6 is 0 Å². The predicted octanol–water partition coefficient (Wildman–Crippen LogP) is 5.13. The van der Waals surface area contributed by atoms with E-state index in [4.69, 9.17) is 14.2 Å². The zero-order valence-electron chi connectivity index (χ0n) is 18.1. The van der Waals surface area contributed by atoms with Crippen molar-refractivity contribution in [3.05, 3.63) is 82.4 Å². The van der Waals surface area contributed by atoms with E-state index in [0.717, 1.165) is 27.8 Å². The van der Waals surface area contributed by atoms with Crippen molar-refractivity contribution >= 4 is 18.1 Å². The van der Waals surface area contributed by atoms with Crippen LogP contribution in [0.3, 0.4) is 0 Å². The average molecular weight is 418 g/mol. The third kappa shape index (κ3) is 4.78. The molecule has 0 atom stereocenters. The summed E-state index contributed by atoms with van der Waals surface area (Å²) in [6.07, 6.45) is 4.02. The molecule has 3 aromatic carbocycles. The van der Waals surface area contributed by atoms with Crippen molar-refractivity contribution in [3.63, 3.8) is 0 Å². The summed E-state index contributed by atoms with van der Waals surface area (Å²) in [5.74, 6) is 0.813. The van der Waals surface area contributed by atoms with Gasteiger partial charge in [-0.3, -0.25) is 0 Å². The van der Waals surface area contributed by atoms with Gasteiger partial charge < -0.3 is 19.3 Å². The fourth-order valence-corrected chi connectivity index (χ4v) is 3.49. The van der Waals surface area contributed by atoms with Crippen molar-refractivity contribution in [1.82, 2.24) is 0 Å². The number of hydrogen-bond donors (Lipinski definition) is 1. The molecule has 5 nitrogen and oxygen atoms in total. The molecule has 0 spiro atoms. The Hall–Kier alpha value is -3.57. The minimum Gasteiger partial charge on any atom is -0.496 e. The summed E-state index contributed by atoms with van der Waals surface area (Å²) in [6.45, 7) is 1.91. The third-order valence-electron chi connectivity index (χ3n) is 5.24. The zero-order valence-corrected chi connectivity index (χ0v) is 18.1. The van der Waals surface area contributed by atoms with Crippen LogP contribution in [0.1, 0.15) is 32.6 Å². The molecular weight excluding hydrogens is 392 g/mol. The zero-order chi connectivity index (χ0) is 22.4. The first-order valence-corrected chi connectivity index (χ1v) is 9.84. The molecule has 0 unspecified atom stereocenters. The van der Waals surface area contributed by atoms with Gasteiger partial charge in [-0.25, -0.2) is 4.79 Å². The van der Waals surface area contributed by atoms with E-state index in [1.54, 1.807) is 26.4 Å². The molecule has 0 saturated carbocycles. The van der Waals surface area contributed by atoms with E-state index < -0.39 is 0 Å². The van der Waals surface area contributed by atoms with Crippen LogP contribution in [0, 0.1) is 6.92 Å². The van der Waals surface area contributed by atoms with Gasteiger partial charge in [-0.1, -0.05) is 42.5 Å². The molecule has 0 radical (unpaired) electrons. The number of carbonyl (C=O) groups excluding carboxylic acids is 1. The second kappa shape index (κ2) is 9.96. The highest BCUT2D eigenvalue weighted by atomic mass is 16.5. The lowest BCUT2D eigenvalue weighted by atomic mass is 9.95. The number of rotatable bonds is 7. The Morgan fingerprint density at radius 1 is 0.935 bits per heavy atom. The lowest BCUT2D eigenvalue weighted by molar-refractivity contribution is 0.0600. The summed E-state index contributed by atoms with van der Waals surface area (Å²) in [6, 6.07) is 17.2. The van der Waals surface area contributed by atoms with E-state index in [0.29, 0.717) is 22.6 Å². The third-order valence-corrected chi connectivity index (χ3v) is 5.24. The topological polar surface area (TPSA) is 65.0 Å². The number of ether oxygens (including phenoxy) is 3. The minimum absolute atomic E-state index is 0.160. The number of hydrogen-bond acceptors (Lipinski definition) is 5. The summed E-state index contributed by atoms with van der Waals surface area (Å²) < 4.78 is 15.6. The lowest BCUT2D eigenvalue weighted by Crippen LogP contribution is -2.00. The first kappa shape index (κ1) is 22.1. The maximum Gasteiger partial charge on any atom is 0.337 e. The Morgan fingerprint density at radius 3 is 2.13 bits per heavy atom. The monoisotopic (exact) mass is 418 g/mol. The van der Waals surface area contributed by atoms with Gasteiger partial charge in [-0.2, -0.15) is 0 Å². The predicted molar refractivity (Wildman–Crippen MR) is 122 cm³/mol. The van der Waals surface area contributed by atoms with Crippen molar-refractivity contribution in [2.45, 2.75) is 13.5 Å². The molecule has 0 aliphatic heterocycles. The van der Waals surface area contributed by atoms with Crippen LogP contribution in [0.25, 0.3) is 23.3 Å². The average Bonchev–Trinajstić information content (AvgIpc) is 2.82. The molecule has 0 saturated heterocycles. The van der Waals surface area contributed by atoms with Gasteiger partial charge in [0.05, 0.1) is 39.1 Å². The van der Waals surface area contributed by atoms with E-state index >= 15 is 0 Å². The van der Waals surface area contributed by atoms with Crippen LogP contribution < -0.4 is 9.47 Å². The second-order valence-electron chi connectivity index (χ2n) is 6.98. The van der Waals surface area contributed by atoms with Gasteiger partial charge in [-0.15, -0.1) is 0 Å². The van der Waals surface area contributed by atoms with Crippen LogP contribution in [-0.4, -0.2) is 32.4 Å². The maximum absolute atomic E-state index is 11.7.